The van der Waals surface area contributed by atoms with Gasteiger partial charge in [-0.05, 0) is 19.1 Å². The molecule has 1 aromatic carbocycles. The summed E-state index contributed by atoms with van der Waals surface area (Å²) in [5.41, 5.74) is 1.03. The molecule has 6 heteroatoms. The third-order valence-electron chi connectivity index (χ3n) is 1.56. The average molecular weight is 244 g/mol. The molecule has 14 heavy (non-hydrogen) atoms. The van der Waals surface area contributed by atoms with Crippen molar-refractivity contribution in [2.45, 2.75) is 11.8 Å². The molecule has 0 fully saturated rings. The summed E-state index contributed by atoms with van der Waals surface area (Å²) in [5.74, 6) is 0. The second kappa shape index (κ2) is 6.82. The van der Waals surface area contributed by atoms with Crippen LogP contribution in [0.25, 0.3) is 4.72 Å². The summed E-state index contributed by atoms with van der Waals surface area (Å²) < 4.78 is 25.6. The molecule has 0 radical (unpaired) electrons. The normalized spacial score (nSPS) is 9.86. The van der Waals surface area contributed by atoms with E-state index >= 15 is 0 Å². The van der Waals surface area contributed by atoms with Gasteiger partial charge in [0.25, 0.3) is 0 Å². The number of halogens is 1. The zero-order valence-corrected chi connectivity index (χ0v) is 12.0. The number of benzene rings is 1. The van der Waals surface area contributed by atoms with Crippen LogP contribution in [0.3, 0.4) is 0 Å². The molecular weight excluding hydrogens is 233 g/mol. The second-order valence-electron chi connectivity index (χ2n) is 2.47. The predicted octanol–water partition coefficient (Wildman–Crippen LogP) is -0.887. The van der Waals surface area contributed by atoms with Gasteiger partial charge < -0.3 is 4.72 Å². The van der Waals surface area contributed by atoms with Gasteiger partial charge in [-0.15, -0.1) is 12.4 Å². The molecule has 0 saturated carbocycles. The molecule has 74 valence electrons. The molecule has 0 aromatic heterocycles. The smallest absolute Gasteiger partial charge is 0.547 e. The molecule has 0 saturated heterocycles. The van der Waals surface area contributed by atoms with Crippen molar-refractivity contribution in [1.29, 1.82) is 0 Å². The Morgan fingerprint density at radius 1 is 1.14 bits per heavy atom. The van der Waals surface area contributed by atoms with Crippen molar-refractivity contribution in [2.75, 3.05) is 7.05 Å². The van der Waals surface area contributed by atoms with Crippen molar-refractivity contribution < 1.29 is 38.0 Å². The van der Waals surface area contributed by atoms with Crippen LogP contribution in [-0.2, 0) is 10.0 Å². The van der Waals surface area contributed by atoms with Crippen molar-refractivity contribution in [3.63, 3.8) is 0 Å². The van der Waals surface area contributed by atoms with Gasteiger partial charge in [0, 0.05) is 4.90 Å². The van der Waals surface area contributed by atoms with E-state index in [0.29, 0.717) is 0 Å². The molecular formula is C8H11ClNNaO2S. The summed E-state index contributed by atoms with van der Waals surface area (Å²) >= 11 is 0. The fourth-order valence-electron chi connectivity index (χ4n) is 0.816. The number of hydrogen-bond donors (Lipinski definition) is 0. The fraction of sp³-hybridized carbons (Fsp3) is 0.250. The van der Waals surface area contributed by atoms with Crippen LogP contribution in [0, 0.1) is 6.92 Å². The van der Waals surface area contributed by atoms with Crippen LogP contribution in [0.5, 0.6) is 0 Å². The van der Waals surface area contributed by atoms with Gasteiger partial charge in [-0.2, -0.15) is 7.05 Å². The molecule has 0 amide bonds. The molecule has 0 atom stereocenters. The Morgan fingerprint density at radius 2 is 1.57 bits per heavy atom. The van der Waals surface area contributed by atoms with Crippen LogP contribution in [-0.4, -0.2) is 15.5 Å². The first-order valence-corrected chi connectivity index (χ1v) is 4.93. The Labute approximate surface area is 113 Å². The van der Waals surface area contributed by atoms with E-state index in [1.54, 1.807) is 24.3 Å². The minimum absolute atomic E-state index is 0. The first-order valence-electron chi connectivity index (χ1n) is 3.49. The summed E-state index contributed by atoms with van der Waals surface area (Å²) in [7, 11) is -2.12. The van der Waals surface area contributed by atoms with Crippen LogP contribution in [0.2, 0.25) is 0 Å². The summed E-state index contributed by atoms with van der Waals surface area (Å²) in [5, 5.41) is 0. The molecule has 0 spiro atoms. The van der Waals surface area contributed by atoms with E-state index < -0.39 is 10.0 Å². The summed E-state index contributed by atoms with van der Waals surface area (Å²) in [6.45, 7) is 1.90. The molecule has 0 unspecified atom stereocenters. The first kappa shape index (κ1) is 16.8. The quantitative estimate of drug-likeness (QED) is 0.633. The van der Waals surface area contributed by atoms with Gasteiger partial charge in [-0.25, -0.2) is 8.42 Å². The van der Waals surface area contributed by atoms with E-state index in [0.717, 1.165) is 5.56 Å². The Kier molecular flexibility index (Phi) is 8.20. The van der Waals surface area contributed by atoms with Crippen LogP contribution in [0.15, 0.2) is 29.2 Å². The zero-order chi connectivity index (χ0) is 9.19. The molecule has 1 rings (SSSR count). The van der Waals surface area contributed by atoms with Crippen molar-refractivity contribution in [3.05, 3.63) is 34.6 Å². The summed E-state index contributed by atoms with van der Waals surface area (Å²) in [6.07, 6.45) is 0. The molecule has 0 N–H and O–H groups in total. The molecule has 3 nitrogen and oxygen atoms in total. The van der Waals surface area contributed by atoms with E-state index in [2.05, 4.69) is 4.72 Å². The molecule has 0 heterocycles. The Hall–Kier alpha value is 0.420. The number of nitrogens with zero attached hydrogens (tertiary/aromatic N) is 1. The second-order valence-corrected chi connectivity index (χ2v) is 4.26. The molecule has 0 aliphatic heterocycles. The van der Waals surface area contributed by atoms with Gasteiger partial charge in [0.2, 0.25) is 0 Å². The van der Waals surface area contributed by atoms with Crippen LogP contribution in [0.1, 0.15) is 5.56 Å². The van der Waals surface area contributed by atoms with Gasteiger partial charge in [0.05, 0.1) is 0 Å². The zero-order valence-electron chi connectivity index (χ0n) is 8.39. The topological polar surface area (TPSA) is 48.2 Å². The molecule has 1 aromatic rings. The van der Waals surface area contributed by atoms with Crippen molar-refractivity contribution in [3.8, 4) is 0 Å². The minimum Gasteiger partial charge on any atom is -0.547 e. The Bertz CT molecular complexity index is 363. The van der Waals surface area contributed by atoms with E-state index in [9.17, 15) is 8.42 Å². The predicted molar refractivity (Wildman–Crippen MR) is 54.9 cm³/mol. The van der Waals surface area contributed by atoms with Crippen molar-refractivity contribution in [1.82, 2.24) is 0 Å². The average Bonchev–Trinajstić information content (AvgIpc) is 2.05. The standard InChI is InChI=1S/C8H10NO2S.ClH.Na/c1-7-3-5-8(6-4-7)12(10,11)9-2;;/h3-6H,1-2H3;1H;/q-1;;+1. The maximum Gasteiger partial charge on any atom is 1.00 e. The number of hydrogen-bond acceptors (Lipinski definition) is 2. The van der Waals surface area contributed by atoms with Crippen LogP contribution in [0.4, 0.5) is 0 Å². The van der Waals surface area contributed by atoms with E-state index in [1.807, 2.05) is 6.92 Å². The minimum atomic E-state index is -3.39. The molecule has 0 bridgehead atoms. The SMILES string of the molecule is C[N-]S(=O)(=O)c1ccc(C)cc1.Cl.[Na+]. The van der Waals surface area contributed by atoms with Gasteiger partial charge in [0.1, 0.15) is 10.0 Å². The summed E-state index contributed by atoms with van der Waals surface area (Å²) in [6, 6.07) is 6.60. The van der Waals surface area contributed by atoms with Crippen LogP contribution < -0.4 is 29.6 Å². The van der Waals surface area contributed by atoms with E-state index in [-0.39, 0.29) is 46.9 Å². The Balaban J connectivity index is 0. The van der Waals surface area contributed by atoms with Crippen LogP contribution >= 0.6 is 12.4 Å². The number of rotatable bonds is 2. The summed E-state index contributed by atoms with van der Waals surface area (Å²) in [4.78, 5) is 0.246. The maximum atomic E-state index is 11.1. The largest absolute Gasteiger partial charge is 1.00 e. The van der Waals surface area contributed by atoms with Gasteiger partial charge >= 0.3 is 29.6 Å². The number of sulfonamides is 1. The fourth-order valence-corrected chi connectivity index (χ4v) is 1.51. The molecule has 0 aliphatic carbocycles. The Morgan fingerprint density at radius 3 is 1.93 bits per heavy atom. The van der Waals surface area contributed by atoms with Gasteiger partial charge in [-0.1, -0.05) is 17.7 Å². The van der Waals surface area contributed by atoms with Crippen molar-refractivity contribution in [2.24, 2.45) is 0 Å². The third-order valence-corrected chi connectivity index (χ3v) is 2.91. The monoisotopic (exact) mass is 243 g/mol. The van der Waals surface area contributed by atoms with E-state index in [4.69, 9.17) is 0 Å². The van der Waals surface area contributed by atoms with E-state index in [1.165, 1.54) is 7.05 Å². The molecule has 0 aliphatic rings. The first-order chi connectivity index (χ1) is 5.56. The van der Waals surface area contributed by atoms with Gasteiger partial charge in [-0.3, -0.25) is 0 Å². The maximum absolute atomic E-state index is 11.1. The number of aryl methyl sites for hydroxylation is 1. The third kappa shape index (κ3) is 4.29. The van der Waals surface area contributed by atoms with Crippen molar-refractivity contribution >= 4 is 22.4 Å². The van der Waals surface area contributed by atoms with Gasteiger partial charge in [0.15, 0.2) is 0 Å².